The smallest absolute Gasteiger partial charge is 0.303 e. The summed E-state index contributed by atoms with van der Waals surface area (Å²) in [7, 11) is 1.53. The molecule has 0 spiro atoms. The Morgan fingerprint density at radius 3 is 2.73 bits per heavy atom. The van der Waals surface area contributed by atoms with E-state index < -0.39 is 5.97 Å². The van der Waals surface area contributed by atoms with Crippen LogP contribution in [0.3, 0.4) is 0 Å². The summed E-state index contributed by atoms with van der Waals surface area (Å²) >= 11 is 0. The van der Waals surface area contributed by atoms with Crippen molar-refractivity contribution >= 4 is 23.3 Å². The monoisotopic (exact) mass is 211 g/mol. The van der Waals surface area contributed by atoms with Gasteiger partial charge in [-0.25, -0.2) is 5.01 Å². The zero-order valence-corrected chi connectivity index (χ0v) is 8.73. The standard InChI is InChI=1S/C9H13N3O3/c1-6-8(10-2)9(15)12(11-6)5-3-4-7(13)14/h3-5H2,1-2H3,(H,13,14). The molecule has 1 N–H and O–H groups in total. The average Bonchev–Trinajstić information content (AvgIpc) is 2.41. The van der Waals surface area contributed by atoms with Gasteiger partial charge in [0.1, 0.15) is 5.71 Å². The lowest BCUT2D eigenvalue weighted by Gasteiger charge is -2.09. The van der Waals surface area contributed by atoms with E-state index in [1.54, 1.807) is 6.92 Å². The van der Waals surface area contributed by atoms with Gasteiger partial charge in [-0.05, 0) is 13.3 Å². The molecular weight excluding hydrogens is 198 g/mol. The van der Waals surface area contributed by atoms with Gasteiger partial charge in [0.15, 0.2) is 0 Å². The quantitative estimate of drug-likeness (QED) is 0.718. The van der Waals surface area contributed by atoms with Gasteiger partial charge < -0.3 is 5.11 Å². The molecule has 0 saturated heterocycles. The molecule has 0 unspecified atom stereocenters. The first-order chi connectivity index (χ1) is 7.06. The Morgan fingerprint density at radius 2 is 2.27 bits per heavy atom. The lowest BCUT2D eigenvalue weighted by atomic mass is 10.2. The molecule has 1 heterocycles. The highest BCUT2D eigenvalue weighted by Gasteiger charge is 2.27. The molecule has 1 rings (SSSR count). The number of carbonyl (C=O) groups excluding carboxylic acids is 1. The van der Waals surface area contributed by atoms with Crippen molar-refractivity contribution in [3.8, 4) is 0 Å². The maximum Gasteiger partial charge on any atom is 0.303 e. The molecule has 0 fully saturated rings. The molecule has 0 aromatic carbocycles. The summed E-state index contributed by atoms with van der Waals surface area (Å²) in [6, 6.07) is 0. The molecule has 82 valence electrons. The first-order valence-corrected chi connectivity index (χ1v) is 4.62. The fraction of sp³-hybridized carbons (Fsp3) is 0.556. The van der Waals surface area contributed by atoms with Crippen molar-refractivity contribution in [2.45, 2.75) is 19.8 Å². The average molecular weight is 211 g/mol. The van der Waals surface area contributed by atoms with E-state index >= 15 is 0 Å². The summed E-state index contributed by atoms with van der Waals surface area (Å²) in [6.07, 6.45) is 0.436. The van der Waals surface area contributed by atoms with Crippen molar-refractivity contribution in [1.82, 2.24) is 5.01 Å². The summed E-state index contributed by atoms with van der Waals surface area (Å²) in [5.41, 5.74) is 0.933. The van der Waals surface area contributed by atoms with E-state index in [1.807, 2.05) is 0 Å². The first kappa shape index (κ1) is 11.4. The Bertz CT molecular complexity index is 347. The third-order valence-corrected chi connectivity index (χ3v) is 2.03. The third kappa shape index (κ3) is 2.61. The fourth-order valence-corrected chi connectivity index (χ4v) is 1.34. The second kappa shape index (κ2) is 4.68. The maximum absolute atomic E-state index is 11.6. The number of rotatable bonds is 4. The molecular formula is C9H13N3O3. The number of hydrazone groups is 1. The van der Waals surface area contributed by atoms with Crippen molar-refractivity contribution in [3.63, 3.8) is 0 Å². The Morgan fingerprint density at radius 1 is 1.60 bits per heavy atom. The van der Waals surface area contributed by atoms with Gasteiger partial charge in [0, 0.05) is 20.0 Å². The van der Waals surface area contributed by atoms with Crippen LogP contribution in [-0.2, 0) is 9.59 Å². The van der Waals surface area contributed by atoms with Crippen molar-refractivity contribution in [2.75, 3.05) is 13.6 Å². The van der Waals surface area contributed by atoms with Gasteiger partial charge in [-0.2, -0.15) is 5.10 Å². The molecule has 6 nitrogen and oxygen atoms in total. The summed E-state index contributed by atoms with van der Waals surface area (Å²) < 4.78 is 0. The fourth-order valence-electron chi connectivity index (χ4n) is 1.34. The van der Waals surface area contributed by atoms with E-state index in [9.17, 15) is 9.59 Å². The molecule has 0 saturated carbocycles. The van der Waals surface area contributed by atoms with Crippen molar-refractivity contribution in [1.29, 1.82) is 0 Å². The van der Waals surface area contributed by atoms with E-state index in [2.05, 4.69) is 10.1 Å². The lowest BCUT2D eigenvalue weighted by Crippen LogP contribution is -2.28. The van der Waals surface area contributed by atoms with Crippen LogP contribution in [0, 0.1) is 0 Å². The van der Waals surface area contributed by atoms with Crippen LogP contribution in [0.25, 0.3) is 0 Å². The predicted molar refractivity (Wildman–Crippen MR) is 55.1 cm³/mol. The van der Waals surface area contributed by atoms with Crippen molar-refractivity contribution < 1.29 is 14.7 Å². The zero-order chi connectivity index (χ0) is 11.4. The van der Waals surface area contributed by atoms with E-state index in [0.717, 1.165) is 0 Å². The van der Waals surface area contributed by atoms with Crippen LogP contribution in [0.1, 0.15) is 19.8 Å². The molecule has 0 bridgehead atoms. The maximum atomic E-state index is 11.6. The number of carbonyl (C=O) groups is 2. The Balaban J connectivity index is 2.52. The highest BCUT2D eigenvalue weighted by Crippen LogP contribution is 2.07. The SMILES string of the molecule is CN=C1C(=O)N(CCCC(=O)O)N=C1C. The zero-order valence-electron chi connectivity index (χ0n) is 8.73. The number of carboxylic acid groups (broad SMARTS) is 1. The normalized spacial score (nSPS) is 18.5. The molecule has 0 atom stereocenters. The van der Waals surface area contributed by atoms with Crippen LogP contribution >= 0.6 is 0 Å². The number of hydrogen-bond acceptors (Lipinski definition) is 4. The largest absolute Gasteiger partial charge is 0.481 e. The third-order valence-electron chi connectivity index (χ3n) is 2.03. The lowest BCUT2D eigenvalue weighted by molar-refractivity contribution is -0.137. The van der Waals surface area contributed by atoms with Gasteiger partial charge in [-0.3, -0.25) is 14.6 Å². The number of hydrogen-bond donors (Lipinski definition) is 1. The number of amides is 1. The van der Waals surface area contributed by atoms with Gasteiger partial charge in [-0.15, -0.1) is 0 Å². The molecule has 0 aliphatic carbocycles. The van der Waals surface area contributed by atoms with Crippen LogP contribution in [-0.4, -0.2) is 47.0 Å². The van der Waals surface area contributed by atoms with Gasteiger partial charge >= 0.3 is 5.97 Å². The summed E-state index contributed by atoms with van der Waals surface area (Å²) in [5.74, 6) is -1.12. The van der Waals surface area contributed by atoms with Crippen LogP contribution in [0.15, 0.2) is 10.1 Å². The minimum absolute atomic E-state index is 0.0386. The predicted octanol–water partition coefficient (Wildman–Crippen LogP) is 0.140. The molecule has 0 radical (unpaired) electrons. The van der Waals surface area contributed by atoms with Gasteiger partial charge in [0.05, 0.1) is 5.71 Å². The minimum atomic E-state index is -0.869. The molecule has 1 amide bonds. The Hall–Kier alpha value is -1.72. The Labute approximate surface area is 87.3 Å². The van der Waals surface area contributed by atoms with E-state index in [1.165, 1.54) is 12.1 Å². The second-order valence-corrected chi connectivity index (χ2v) is 3.18. The number of carboxylic acids is 1. The summed E-state index contributed by atoms with van der Waals surface area (Å²) in [5, 5.41) is 13.7. The summed E-state index contributed by atoms with van der Waals surface area (Å²) in [4.78, 5) is 25.7. The van der Waals surface area contributed by atoms with Crippen LogP contribution < -0.4 is 0 Å². The summed E-state index contributed by atoms with van der Waals surface area (Å²) in [6.45, 7) is 2.03. The molecule has 0 aromatic rings. The number of aliphatic carboxylic acids is 1. The molecule has 15 heavy (non-hydrogen) atoms. The van der Waals surface area contributed by atoms with Crippen LogP contribution in [0.4, 0.5) is 0 Å². The van der Waals surface area contributed by atoms with Crippen molar-refractivity contribution in [2.24, 2.45) is 10.1 Å². The van der Waals surface area contributed by atoms with Crippen molar-refractivity contribution in [3.05, 3.63) is 0 Å². The van der Waals surface area contributed by atoms with Gasteiger partial charge in [-0.1, -0.05) is 0 Å². The second-order valence-electron chi connectivity index (χ2n) is 3.18. The molecule has 1 aliphatic rings. The van der Waals surface area contributed by atoms with Crippen LogP contribution in [0.2, 0.25) is 0 Å². The Kier molecular flexibility index (Phi) is 3.54. The number of nitrogens with zero attached hydrogens (tertiary/aromatic N) is 3. The molecule has 6 heteroatoms. The minimum Gasteiger partial charge on any atom is -0.481 e. The van der Waals surface area contributed by atoms with E-state index in [-0.39, 0.29) is 12.3 Å². The topological polar surface area (TPSA) is 82.3 Å². The van der Waals surface area contributed by atoms with Gasteiger partial charge in [0.25, 0.3) is 5.91 Å². The highest BCUT2D eigenvalue weighted by molar-refractivity contribution is 6.68. The highest BCUT2D eigenvalue weighted by atomic mass is 16.4. The molecule has 0 aromatic heterocycles. The van der Waals surface area contributed by atoms with E-state index in [4.69, 9.17) is 5.11 Å². The van der Waals surface area contributed by atoms with Gasteiger partial charge in [0.2, 0.25) is 0 Å². The first-order valence-electron chi connectivity index (χ1n) is 4.62. The van der Waals surface area contributed by atoms with Crippen LogP contribution in [0.5, 0.6) is 0 Å². The molecule has 1 aliphatic heterocycles. The van der Waals surface area contributed by atoms with E-state index in [0.29, 0.717) is 24.4 Å². The number of aliphatic imine (C=N–C) groups is 1.